The number of benzene rings is 2. The first-order valence-electron chi connectivity index (χ1n) is 12.0. The van der Waals surface area contributed by atoms with Gasteiger partial charge in [-0.05, 0) is 61.2 Å². The Morgan fingerprint density at radius 1 is 1.03 bits per heavy atom. The van der Waals surface area contributed by atoms with Gasteiger partial charge in [0.05, 0.1) is 16.7 Å². The van der Waals surface area contributed by atoms with Gasteiger partial charge in [-0.15, -0.1) is 0 Å². The minimum atomic E-state index is -3.84. The summed E-state index contributed by atoms with van der Waals surface area (Å²) < 4.78 is 40.7. The molecule has 7 nitrogen and oxygen atoms in total. The molecular weight excluding hydrogens is 452 g/mol. The van der Waals surface area contributed by atoms with Crippen molar-refractivity contribution in [3.05, 3.63) is 48.0 Å². The zero-order chi connectivity index (χ0) is 24.5. The Bertz CT molecular complexity index is 1080. The van der Waals surface area contributed by atoms with Gasteiger partial charge in [-0.3, -0.25) is 4.31 Å². The van der Waals surface area contributed by atoms with E-state index in [1.165, 1.54) is 4.31 Å². The first-order chi connectivity index (χ1) is 16.2. The third kappa shape index (κ3) is 5.19. The number of rotatable bonds is 7. The maximum atomic E-state index is 13.8. The van der Waals surface area contributed by atoms with E-state index < -0.39 is 16.1 Å². The van der Waals surface area contributed by atoms with Gasteiger partial charge in [0.15, 0.2) is 0 Å². The van der Waals surface area contributed by atoms with Crippen molar-refractivity contribution in [1.82, 2.24) is 0 Å². The van der Waals surface area contributed by atoms with Crippen LogP contribution in [0.5, 0.6) is 5.75 Å². The molecule has 2 atom stereocenters. The van der Waals surface area contributed by atoms with Crippen LogP contribution < -0.4 is 13.9 Å². The largest absolute Gasteiger partial charge is 0.490 e. The first kappa shape index (κ1) is 24.8. The summed E-state index contributed by atoms with van der Waals surface area (Å²) in [5.41, 5.74) is 2.16. The summed E-state index contributed by atoms with van der Waals surface area (Å²) in [4.78, 5) is 2.14. The van der Waals surface area contributed by atoms with E-state index in [1.807, 2.05) is 57.1 Å². The van der Waals surface area contributed by atoms with Gasteiger partial charge >= 0.3 is 0 Å². The van der Waals surface area contributed by atoms with Gasteiger partial charge in [-0.2, -0.15) is 0 Å². The van der Waals surface area contributed by atoms with Crippen molar-refractivity contribution in [1.29, 1.82) is 0 Å². The highest BCUT2D eigenvalue weighted by atomic mass is 32.2. The Morgan fingerprint density at radius 3 is 2.29 bits per heavy atom. The minimum absolute atomic E-state index is 0.0819. The Labute approximate surface area is 203 Å². The SMILES string of the molecule is CC(C)CN(c1ccc(N(C)C)cc1)S(=O)(=O)c1ccc2c(c1)C(O)CC(C1CCOCC1)O2. The molecule has 0 bridgehead atoms. The highest BCUT2D eigenvalue weighted by molar-refractivity contribution is 7.92. The van der Waals surface area contributed by atoms with Crippen LogP contribution in [0.2, 0.25) is 0 Å². The molecule has 2 aliphatic heterocycles. The fourth-order valence-corrected chi connectivity index (χ4v) is 6.37. The molecule has 0 aliphatic carbocycles. The van der Waals surface area contributed by atoms with Crippen LogP contribution in [-0.4, -0.2) is 53.5 Å². The average molecular weight is 489 g/mol. The first-order valence-corrected chi connectivity index (χ1v) is 13.5. The van der Waals surface area contributed by atoms with E-state index in [2.05, 4.69) is 0 Å². The number of anilines is 2. The van der Waals surface area contributed by atoms with E-state index in [1.54, 1.807) is 18.2 Å². The summed E-state index contributed by atoms with van der Waals surface area (Å²) in [6, 6.07) is 12.4. The molecule has 2 aliphatic rings. The summed E-state index contributed by atoms with van der Waals surface area (Å²) >= 11 is 0. The third-order valence-electron chi connectivity index (χ3n) is 6.64. The molecule has 34 heavy (non-hydrogen) atoms. The van der Waals surface area contributed by atoms with Crippen LogP contribution >= 0.6 is 0 Å². The molecular formula is C26H36N2O5S. The predicted octanol–water partition coefficient (Wildman–Crippen LogP) is 4.22. The lowest BCUT2D eigenvalue weighted by molar-refractivity contribution is -0.0151. The summed E-state index contributed by atoms with van der Waals surface area (Å²) in [7, 11) is 0.0616. The van der Waals surface area contributed by atoms with Crippen LogP contribution in [0, 0.1) is 11.8 Å². The van der Waals surface area contributed by atoms with Crippen molar-refractivity contribution in [3.8, 4) is 5.75 Å². The Kier molecular flexibility index (Phi) is 7.40. The number of fused-ring (bicyclic) bond motifs is 1. The van der Waals surface area contributed by atoms with E-state index in [0.29, 0.717) is 49.1 Å². The molecule has 0 saturated carbocycles. The van der Waals surface area contributed by atoms with Crippen LogP contribution in [-0.2, 0) is 14.8 Å². The molecule has 0 aromatic heterocycles. The van der Waals surface area contributed by atoms with Crippen molar-refractivity contribution in [2.75, 3.05) is 43.1 Å². The standard InChI is InChI=1S/C26H36N2O5S/c1-18(2)17-28(21-7-5-20(6-8-21)27(3)4)34(30,31)22-9-10-25-23(15-22)24(29)16-26(33-25)19-11-13-32-14-12-19/h5-10,15,18-19,24,26,29H,11-14,16-17H2,1-4H3. The molecule has 1 fully saturated rings. The van der Waals surface area contributed by atoms with Crippen molar-refractivity contribution >= 4 is 21.4 Å². The number of hydrogen-bond acceptors (Lipinski definition) is 6. The Hall–Kier alpha value is -2.29. The number of sulfonamides is 1. The van der Waals surface area contributed by atoms with Gasteiger partial charge in [-0.25, -0.2) is 8.42 Å². The molecule has 1 saturated heterocycles. The number of hydrogen-bond donors (Lipinski definition) is 1. The van der Waals surface area contributed by atoms with Gasteiger partial charge in [0.2, 0.25) is 0 Å². The Morgan fingerprint density at radius 2 is 1.68 bits per heavy atom. The average Bonchev–Trinajstić information content (AvgIpc) is 2.82. The molecule has 8 heteroatoms. The van der Waals surface area contributed by atoms with E-state index in [0.717, 1.165) is 18.5 Å². The second kappa shape index (κ2) is 10.1. The smallest absolute Gasteiger partial charge is 0.264 e. The molecule has 0 radical (unpaired) electrons. The van der Waals surface area contributed by atoms with Crippen LogP contribution in [0.25, 0.3) is 0 Å². The number of aliphatic hydroxyl groups excluding tert-OH is 1. The van der Waals surface area contributed by atoms with Crippen molar-refractivity contribution in [2.45, 2.75) is 50.2 Å². The molecule has 0 amide bonds. The second-order valence-electron chi connectivity index (χ2n) is 9.90. The van der Waals surface area contributed by atoms with Crippen LogP contribution in [0.4, 0.5) is 11.4 Å². The lowest BCUT2D eigenvalue weighted by atomic mass is 9.87. The zero-order valence-electron chi connectivity index (χ0n) is 20.5. The number of nitrogens with zero attached hydrogens (tertiary/aromatic N) is 2. The van der Waals surface area contributed by atoms with Crippen molar-refractivity contribution < 1.29 is 23.0 Å². The summed E-state index contributed by atoms with van der Waals surface area (Å²) in [5.74, 6) is 1.04. The van der Waals surface area contributed by atoms with Gasteiger partial charge in [0.25, 0.3) is 10.0 Å². The van der Waals surface area contributed by atoms with Crippen LogP contribution in [0.15, 0.2) is 47.4 Å². The van der Waals surface area contributed by atoms with E-state index in [9.17, 15) is 13.5 Å². The van der Waals surface area contributed by atoms with Gasteiger partial charge in [0, 0.05) is 57.4 Å². The molecule has 2 unspecified atom stereocenters. The van der Waals surface area contributed by atoms with E-state index in [-0.39, 0.29) is 16.9 Å². The lowest BCUT2D eigenvalue weighted by Gasteiger charge is -2.36. The fraction of sp³-hybridized carbons (Fsp3) is 0.538. The topological polar surface area (TPSA) is 79.3 Å². The molecule has 1 N–H and O–H groups in total. The number of ether oxygens (including phenoxy) is 2. The third-order valence-corrected chi connectivity index (χ3v) is 8.43. The molecule has 2 heterocycles. The summed E-state index contributed by atoms with van der Waals surface area (Å²) in [6.45, 7) is 5.78. The van der Waals surface area contributed by atoms with Crippen LogP contribution in [0.3, 0.4) is 0 Å². The summed E-state index contributed by atoms with van der Waals surface area (Å²) in [6.07, 6.45) is 1.44. The highest BCUT2D eigenvalue weighted by Gasteiger charge is 2.35. The molecule has 0 spiro atoms. The molecule has 4 rings (SSSR count). The zero-order valence-corrected chi connectivity index (χ0v) is 21.3. The predicted molar refractivity (Wildman–Crippen MR) is 134 cm³/mol. The summed E-state index contributed by atoms with van der Waals surface area (Å²) in [5, 5.41) is 10.9. The fourth-order valence-electron chi connectivity index (χ4n) is 4.71. The maximum absolute atomic E-state index is 13.8. The van der Waals surface area contributed by atoms with Gasteiger partial charge in [-0.1, -0.05) is 13.8 Å². The quantitative estimate of drug-likeness (QED) is 0.629. The lowest BCUT2D eigenvalue weighted by Crippen LogP contribution is -2.36. The normalized spacial score (nSPS) is 21.1. The second-order valence-corrected chi connectivity index (χ2v) is 11.8. The van der Waals surface area contributed by atoms with Gasteiger partial charge in [0.1, 0.15) is 11.9 Å². The van der Waals surface area contributed by atoms with Crippen molar-refractivity contribution in [2.24, 2.45) is 11.8 Å². The number of aliphatic hydroxyl groups is 1. The van der Waals surface area contributed by atoms with Crippen molar-refractivity contribution in [3.63, 3.8) is 0 Å². The molecule has 186 valence electrons. The highest BCUT2D eigenvalue weighted by Crippen LogP contribution is 2.40. The van der Waals surface area contributed by atoms with Crippen LogP contribution in [0.1, 0.15) is 44.8 Å². The van der Waals surface area contributed by atoms with E-state index in [4.69, 9.17) is 9.47 Å². The maximum Gasteiger partial charge on any atom is 0.264 e. The Balaban J connectivity index is 1.63. The molecule has 2 aromatic rings. The molecule has 2 aromatic carbocycles. The monoisotopic (exact) mass is 488 g/mol. The van der Waals surface area contributed by atoms with Gasteiger partial charge < -0.3 is 19.5 Å². The minimum Gasteiger partial charge on any atom is -0.490 e. The van der Waals surface area contributed by atoms with E-state index >= 15 is 0 Å².